The molecule has 3 rings (SSSR count). The van der Waals surface area contributed by atoms with E-state index in [4.69, 9.17) is 5.26 Å². The van der Waals surface area contributed by atoms with Gasteiger partial charge < -0.3 is 9.88 Å². The lowest BCUT2D eigenvalue weighted by Crippen LogP contribution is -2.26. The zero-order valence-electron chi connectivity index (χ0n) is 10.5. The van der Waals surface area contributed by atoms with E-state index in [0.717, 1.165) is 31.8 Å². The van der Waals surface area contributed by atoms with Crippen LogP contribution in [0.3, 0.4) is 0 Å². The van der Waals surface area contributed by atoms with Crippen LogP contribution in [-0.4, -0.2) is 26.1 Å². The highest BCUT2D eigenvalue weighted by atomic mass is 15.1. The molecular weight excluding hydrogens is 240 g/mol. The third-order valence-electron chi connectivity index (χ3n) is 3.40. The summed E-state index contributed by atoms with van der Waals surface area (Å²) in [6.07, 6.45) is 9.10. The molecule has 0 saturated carbocycles. The summed E-state index contributed by atoms with van der Waals surface area (Å²) in [4.78, 5) is 12.5. The summed E-state index contributed by atoms with van der Waals surface area (Å²) in [7, 11) is 0. The molecule has 0 radical (unpaired) electrons. The highest BCUT2D eigenvalue weighted by Gasteiger charge is 2.19. The molecule has 1 unspecified atom stereocenters. The van der Waals surface area contributed by atoms with Crippen LogP contribution in [0.5, 0.6) is 0 Å². The van der Waals surface area contributed by atoms with Gasteiger partial charge >= 0.3 is 0 Å². The van der Waals surface area contributed by atoms with E-state index in [-0.39, 0.29) is 0 Å². The smallest absolute Gasteiger partial charge is 0.182 e. The first-order valence-corrected chi connectivity index (χ1v) is 6.32. The molecule has 1 atom stereocenters. The first-order valence-electron chi connectivity index (χ1n) is 6.32. The third-order valence-corrected chi connectivity index (χ3v) is 3.40. The SMILES string of the molecule is N#Cc1nccnc1NCC1CCc2nccn2C1. The van der Waals surface area contributed by atoms with Crippen LogP contribution in [0.15, 0.2) is 24.8 Å². The van der Waals surface area contributed by atoms with Gasteiger partial charge in [-0.15, -0.1) is 0 Å². The van der Waals surface area contributed by atoms with Crippen molar-refractivity contribution in [3.8, 4) is 6.07 Å². The Balaban J connectivity index is 1.63. The summed E-state index contributed by atoms with van der Waals surface area (Å²) < 4.78 is 2.19. The molecule has 3 heterocycles. The Bertz CT molecular complexity index is 612. The minimum absolute atomic E-state index is 0.349. The number of imidazole rings is 1. The number of nitriles is 1. The highest BCUT2D eigenvalue weighted by molar-refractivity contribution is 5.46. The maximum atomic E-state index is 8.95. The van der Waals surface area contributed by atoms with Crippen molar-refractivity contribution in [2.24, 2.45) is 5.92 Å². The molecular formula is C13H14N6. The molecule has 96 valence electrons. The Kier molecular flexibility index (Phi) is 3.11. The fourth-order valence-electron chi connectivity index (χ4n) is 2.39. The molecule has 1 aliphatic rings. The maximum absolute atomic E-state index is 8.95. The molecule has 0 saturated heterocycles. The summed E-state index contributed by atoms with van der Waals surface area (Å²) in [6, 6.07) is 2.04. The second-order valence-electron chi connectivity index (χ2n) is 4.65. The van der Waals surface area contributed by atoms with Crippen LogP contribution in [0.2, 0.25) is 0 Å². The average Bonchev–Trinajstić information content (AvgIpc) is 2.93. The number of rotatable bonds is 3. The Morgan fingerprint density at radius 1 is 1.32 bits per heavy atom. The fraction of sp³-hybridized carbons (Fsp3) is 0.385. The number of nitrogens with one attached hydrogen (secondary N) is 1. The van der Waals surface area contributed by atoms with E-state index >= 15 is 0 Å². The van der Waals surface area contributed by atoms with Gasteiger partial charge in [-0.1, -0.05) is 0 Å². The molecule has 2 aromatic heterocycles. The third kappa shape index (κ3) is 2.40. The first kappa shape index (κ1) is 11.7. The topological polar surface area (TPSA) is 79.4 Å². The van der Waals surface area contributed by atoms with Crippen molar-refractivity contribution in [1.29, 1.82) is 5.26 Å². The second kappa shape index (κ2) is 5.06. The maximum Gasteiger partial charge on any atom is 0.182 e. The molecule has 6 nitrogen and oxygen atoms in total. The zero-order chi connectivity index (χ0) is 13.1. The van der Waals surface area contributed by atoms with Crippen molar-refractivity contribution >= 4 is 5.82 Å². The van der Waals surface area contributed by atoms with Crippen molar-refractivity contribution in [1.82, 2.24) is 19.5 Å². The van der Waals surface area contributed by atoms with E-state index in [0.29, 0.717) is 17.4 Å². The van der Waals surface area contributed by atoms with Crippen molar-refractivity contribution < 1.29 is 0 Å². The van der Waals surface area contributed by atoms with Gasteiger partial charge in [-0.2, -0.15) is 5.26 Å². The van der Waals surface area contributed by atoms with E-state index in [2.05, 4.69) is 24.8 Å². The second-order valence-corrected chi connectivity index (χ2v) is 4.65. The monoisotopic (exact) mass is 254 g/mol. The fourth-order valence-corrected chi connectivity index (χ4v) is 2.39. The number of aryl methyl sites for hydroxylation is 1. The number of hydrogen-bond acceptors (Lipinski definition) is 5. The number of nitrogens with zero attached hydrogens (tertiary/aromatic N) is 5. The number of aromatic nitrogens is 4. The number of fused-ring (bicyclic) bond motifs is 1. The van der Waals surface area contributed by atoms with E-state index < -0.39 is 0 Å². The predicted molar refractivity (Wildman–Crippen MR) is 69.3 cm³/mol. The van der Waals surface area contributed by atoms with Gasteiger partial charge in [0.15, 0.2) is 11.5 Å². The molecule has 0 spiro atoms. The van der Waals surface area contributed by atoms with E-state index in [1.165, 1.54) is 6.20 Å². The highest BCUT2D eigenvalue weighted by Crippen LogP contribution is 2.19. The van der Waals surface area contributed by atoms with Gasteiger partial charge in [-0.3, -0.25) is 0 Å². The van der Waals surface area contributed by atoms with Gasteiger partial charge in [0.25, 0.3) is 0 Å². The first-order chi connectivity index (χ1) is 9.36. The minimum atomic E-state index is 0.349. The molecule has 1 N–H and O–H groups in total. The lowest BCUT2D eigenvalue weighted by molar-refractivity contribution is 0.381. The number of anilines is 1. The van der Waals surface area contributed by atoms with Gasteiger partial charge in [0, 0.05) is 44.3 Å². The lowest BCUT2D eigenvalue weighted by Gasteiger charge is -2.24. The zero-order valence-corrected chi connectivity index (χ0v) is 10.5. The summed E-state index contributed by atoms with van der Waals surface area (Å²) in [6.45, 7) is 1.76. The van der Waals surface area contributed by atoms with Crippen LogP contribution in [0.1, 0.15) is 17.9 Å². The van der Waals surface area contributed by atoms with Crippen LogP contribution >= 0.6 is 0 Å². The molecule has 2 aromatic rings. The predicted octanol–water partition coefficient (Wildman–Crippen LogP) is 1.22. The van der Waals surface area contributed by atoms with Crippen LogP contribution in [-0.2, 0) is 13.0 Å². The molecule has 0 aromatic carbocycles. The Hall–Kier alpha value is -2.42. The van der Waals surface area contributed by atoms with Crippen molar-refractivity contribution in [2.75, 3.05) is 11.9 Å². The van der Waals surface area contributed by atoms with Gasteiger partial charge in [0.2, 0.25) is 0 Å². The summed E-state index contributed by atoms with van der Waals surface area (Å²) in [5, 5.41) is 12.2. The standard InChI is InChI=1S/C13H14N6/c14-7-11-13(17-4-3-15-11)18-8-10-1-2-12-16-5-6-19(12)9-10/h3-6,10H,1-2,8-9H2,(H,17,18). The lowest BCUT2D eigenvalue weighted by atomic mass is 9.99. The van der Waals surface area contributed by atoms with Crippen LogP contribution in [0.4, 0.5) is 5.82 Å². The van der Waals surface area contributed by atoms with E-state index in [9.17, 15) is 0 Å². The summed E-state index contributed by atoms with van der Waals surface area (Å²) >= 11 is 0. The van der Waals surface area contributed by atoms with Crippen molar-refractivity contribution in [3.05, 3.63) is 36.3 Å². The van der Waals surface area contributed by atoms with Gasteiger partial charge in [0.1, 0.15) is 11.9 Å². The van der Waals surface area contributed by atoms with Crippen molar-refractivity contribution in [2.45, 2.75) is 19.4 Å². The van der Waals surface area contributed by atoms with E-state index in [1.807, 2.05) is 18.5 Å². The molecule has 6 heteroatoms. The molecule has 0 fully saturated rings. The molecule has 0 bridgehead atoms. The Morgan fingerprint density at radius 2 is 2.21 bits per heavy atom. The van der Waals surface area contributed by atoms with Crippen LogP contribution < -0.4 is 5.32 Å². The number of hydrogen-bond donors (Lipinski definition) is 1. The summed E-state index contributed by atoms with van der Waals surface area (Å²) in [5.41, 5.74) is 0.349. The molecule has 1 aliphatic heterocycles. The Labute approximate surface area is 111 Å². The van der Waals surface area contributed by atoms with Gasteiger partial charge in [0.05, 0.1) is 0 Å². The molecule has 0 aliphatic carbocycles. The van der Waals surface area contributed by atoms with E-state index in [1.54, 1.807) is 6.20 Å². The largest absolute Gasteiger partial charge is 0.367 e. The normalized spacial score (nSPS) is 17.5. The van der Waals surface area contributed by atoms with Crippen LogP contribution in [0.25, 0.3) is 0 Å². The van der Waals surface area contributed by atoms with Crippen molar-refractivity contribution in [3.63, 3.8) is 0 Å². The quantitative estimate of drug-likeness (QED) is 0.890. The van der Waals surface area contributed by atoms with Gasteiger partial charge in [-0.25, -0.2) is 15.0 Å². The van der Waals surface area contributed by atoms with Gasteiger partial charge in [-0.05, 0) is 12.3 Å². The minimum Gasteiger partial charge on any atom is -0.367 e. The molecule has 19 heavy (non-hydrogen) atoms. The van der Waals surface area contributed by atoms with Crippen LogP contribution in [0, 0.1) is 17.2 Å². The molecule has 0 amide bonds. The average molecular weight is 254 g/mol. The Morgan fingerprint density at radius 3 is 3.11 bits per heavy atom. The summed E-state index contributed by atoms with van der Waals surface area (Å²) in [5.74, 6) is 2.25.